The van der Waals surface area contributed by atoms with Crippen LogP contribution in [0.25, 0.3) is 0 Å². The first kappa shape index (κ1) is 19.4. The first-order chi connectivity index (χ1) is 13.6. The highest BCUT2D eigenvalue weighted by Gasteiger charge is 2.12. The Hall–Kier alpha value is -3.34. The number of hydrogen-bond donors (Lipinski definition) is 1. The fourth-order valence-corrected chi connectivity index (χ4v) is 2.94. The van der Waals surface area contributed by atoms with E-state index in [-0.39, 0.29) is 5.91 Å². The lowest BCUT2D eigenvalue weighted by Crippen LogP contribution is -2.23. The van der Waals surface area contributed by atoms with Crippen molar-refractivity contribution < 1.29 is 4.79 Å². The summed E-state index contributed by atoms with van der Waals surface area (Å²) in [6.45, 7) is 3.64. The van der Waals surface area contributed by atoms with Crippen LogP contribution in [-0.4, -0.2) is 31.5 Å². The maximum atomic E-state index is 12.7. The van der Waals surface area contributed by atoms with Crippen molar-refractivity contribution in [1.82, 2.24) is 4.98 Å². The minimum absolute atomic E-state index is 0.142. The monoisotopic (exact) mass is 374 g/mol. The maximum absolute atomic E-state index is 12.7. The largest absolute Gasteiger partial charge is 0.378 e. The van der Waals surface area contributed by atoms with Gasteiger partial charge < -0.3 is 15.1 Å². The van der Waals surface area contributed by atoms with E-state index in [9.17, 15) is 4.79 Å². The first-order valence-electron chi connectivity index (χ1n) is 9.40. The molecule has 28 heavy (non-hydrogen) atoms. The second-order valence-corrected chi connectivity index (χ2v) is 6.80. The lowest BCUT2D eigenvalue weighted by Gasteiger charge is -2.22. The van der Waals surface area contributed by atoms with Crippen molar-refractivity contribution in [2.75, 3.05) is 35.8 Å². The molecule has 3 aromatic rings. The molecule has 5 nitrogen and oxygen atoms in total. The quantitative estimate of drug-likeness (QED) is 0.665. The van der Waals surface area contributed by atoms with E-state index in [1.165, 1.54) is 5.56 Å². The van der Waals surface area contributed by atoms with Gasteiger partial charge in [-0.05, 0) is 48.9 Å². The number of carbonyl (C=O) groups is 1. The van der Waals surface area contributed by atoms with Crippen molar-refractivity contribution in [3.8, 4) is 0 Å². The van der Waals surface area contributed by atoms with Gasteiger partial charge in [-0.25, -0.2) is 4.98 Å². The first-order valence-corrected chi connectivity index (χ1v) is 9.40. The minimum Gasteiger partial charge on any atom is -0.378 e. The number of carbonyl (C=O) groups excluding carboxylic acids is 1. The molecule has 0 saturated heterocycles. The van der Waals surface area contributed by atoms with Gasteiger partial charge in [0, 0.05) is 50.3 Å². The second-order valence-electron chi connectivity index (χ2n) is 6.80. The SMILES string of the molecule is CCN(Cc1ccccc1)c1cc(C(=O)Nc2ccc(N(C)C)cc2)ccn1. The van der Waals surface area contributed by atoms with Gasteiger partial charge in [0.15, 0.2) is 0 Å². The van der Waals surface area contributed by atoms with Crippen LogP contribution in [0.3, 0.4) is 0 Å². The van der Waals surface area contributed by atoms with Crippen molar-refractivity contribution in [3.05, 3.63) is 84.1 Å². The standard InChI is InChI=1S/C23H26N4O/c1-4-27(17-18-8-6-5-7-9-18)22-16-19(14-15-24-22)23(28)25-20-10-12-21(13-11-20)26(2)3/h5-16H,4,17H2,1-3H3,(H,25,28). The highest BCUT2D eigenvalue weighted by atomic mass is 16.1. The molecular formula is C23H26N4O. The zero-order valence-corrected chi connectivity index (χ0v) is 16.6. The number of pyridine rings is 1. The van der Waals surface area contributed by atoms with E-state index < -0.39 is 0 Å². The molecule has 0 spiro atoms. The van der Waals surface area contributed by atoms with Crippen LogP contribution in [0, 0.1) is 0 Å². The van der Waals surface area contributed by atoms with Crippen LogP contribution in [0.15, 0.2) is 72.9 Å². The number of nitrogens with one attached hydrogen (secondary N) is 1. The Labute approximate surface area is 166 Å². The predicted octanol–water partition coefficient (Wildman–Crippen LogP) is 4.43. The Kier molecular flexibility index (Phi) is 6.27. The van der Waals surface area contributed by atoms with Gasteiger partial charge in [-0.15, -0.1) is 0 Å². The normalized spacial score (nSPS) is 10.4. The van der Waals surface area contributed by atoms with E-state index in [2.05, 4.69) is 34.3 Å². The third-order valence-corrected chi connectivity index (χ3v) is 4.57. The molecule has 0 atom stereocenters. The molecule has 0 saturated carbocycles. The molecule has 0 aliphatic rings. The topological polar surface area (TPSA) is 48.5 Å². The van der Waals surface area contributed by atoms with Crippen LogP contribution < -0.4 is 15.1 Å². The van der Waals surface area contributed by atoms with E-state index in [0.29, 0.717) is 5.56 Å². The molecule has 0 aliphatic heterocycles. The van der Waals surface area contributed by atoms with Crippen LogP contribution in [0.4, 0.5) is 17.2 Å². The molecular weight excluding hydrogens is 348 g/mol. The van der Waals surface area contributed by atoms with E-state index in [4.69, 9.17) is 0 Å². The molecule has 2 aromatic carbocycles. The second kappa shape index (κ2) is 9.04. The molecule has 1 amide bonds. The summed E-state index contributed by atoms with van der Waals surface area (Å²) >= 11 is 0. The fraction of sp³-hybridized carbons (Fsp3) is 0.217. The van der Waals surface area contributed by atoms with Gasteiger partial charge >= 0.3 is 0 Å². The molecule has 0 bridgehead atoms. The number of aromatic nitrogens is 1. The molecule has 1 heterocycles. The van der Waals surface area contributed by atoms with Crippen molar-refractivity contribution in [2.45, 2.75) is 13.5 Å². The highest BCUT2D eigenvalue weighted by molar-refractivity contribution is 6.04. The predicted molar refractivity (Wildman–Crippen MR) is 116 cm³/mol. The highest BCUT2D eigenvalue weighted by Crippen LogP contribution is 2.19. The molecule has 144 valence electrons. The van der Waals surface area contributed by atoms with Crippen LogP contribution in [0.2, 0.25) is 0 Å². The van der Waals surface area contributed by atoms with E-state index in [1.807, 2.05) is 67.5 Å². The Bertz CT molecular complexity index is 907. The summed E-state index contributed by atoms with van der Waals surface area (Å²) in [5.74, 6) is 0.652. The van der Waals surface area contributed by atoms with Crippen LogP contribution in [0.5, 0.6) is 0 Å². The van der Waals surface area contributed by atoms with Crippen molar-refractivity contribution in [2.24, 2.45) is 0 Å². The zero-order chi connectivity index (χ0) is 19.9. The Morgan fingerprint density at radius 1 is 1.00 bits per heavy atom. The van der Waals surface area contributed by atoms with Gasteiger partial charge in [0.1, 0.15) is 5.82 Å². The van der Waals surface area contributed by atoms with E-state index >= 15 is 0 Å². The van der Waals surface area contributed by atoms with Crippen LogP contribution in [-0.2, 0) is 6.54 Å². The van der Waals surface area contributed by atoms with Gasteiger partial charge in [0.05, 0.1) is 0 Å². The number of rotatable bonds is 7. The molecule has 0 aliphatic carbocycles. The van der Waals surface area contributed by atoms with Gasteiger partial charge in [-0.1, -0.05) is 30.3 Å². The number of anilines is 3. The number of benzene rings is 2. The van der Waals surface area contributed by atoms with E-state index in [1.54, 1.807) is 12.3 Å². The lowest BCUT2D eigenvalue weighted by atomic mass is 10.2. The number of nitrogens with zero attached hydrogens (tertiary/aromatic N) is 3. The molecule has 0 radical (unpaired) electrons. The van der Waals surface area contributed by atoms with Gasteiger partial charge in [-0.2, -0.15) is 0 Å². The van der Waals surface area contributed by atoms with Gasteiger partial charge in [0.2, 0.25) is 0 Å². The van der Waals surface area contributed by atoms with Gasteiger partial charge in [0.25, 0.3) is 5.91 Å². The Balaban J connectivity index is 1.73. The molecule has 3 rings (SSSR count). The average Bonchev–Trinajstić information content (AvgIpc) is 2.73. The Morgan fingerprint density at radius 3 is 2.36 bits per heavy atom. The third kappa shape index (κ3) is 4.88. The summed E-state index contributed by atoms with van der Waals surface area (Å²) in [5.41, 5.74) is 3.66. The minimum atomic E-state index is -0.142. The third-order valence-electron chi connectivity index (χ3n) is 4.57. The molecule has 1 N–H and O–H groups in total. The van der Waals surface area contributed by atoms with Gasteiger partial charge in [-0.3, -0.25) is 4.79 Å². The molecule has 0 unspecified atom stereocenters. The van der Waals surface area contributed by atoms with Crippen LogP contribution >= 0.6 is 0 Å². The number of hydrogen-bond acceptors (Lipinski definition) is 4. The fourth-order valence-electron chi connectivity index (χ4n) is 2.94. The molecule has 5 heteroatoms. The number of amides is 1. The summed E-state index contributed by atoms with van der Waals surface area (Å²) in [7, 11) is 3.97. The van der Waals surface area contributed by atoms with Crippen molar-refractivity contribution >= 4 is 23.1 Å². The zero-order valence-electron chi connectivity index (χ0n) is 16.6. The Morgan fingerprint density at radius 2 is 1.71 bits per heavy atom. The van der Waals surface area contributed by atoms with Crippen molar-refractivity contribution in [1.29, 1.82) is 0 Å². The molecule has 0 fully saturated rings. The summed E-state index contributed by atoms with van der Waals surface area (Å²) in [6, 6.07) is 21.6. The maximum Gasteiger partial charge on any atom is 0.255 e. The summed E-state index contributed by atoms with van der Waals surface area (Å²) in [5, 5.41) is 2.95. The van der Waals surface area contributed by atoms with Crippen LogP contribution in [0.1, 0.15) is 22.8 Å². The molecule has 1 aromatic heterocycles. The van der Waals surface area contributed by atoms with Crippen molar-refractivity contribution in [3.63, 3.8) is 0 Å². The summed E-state index contributed by atoms with van der Waals surface area (Å²) in [4.78, 5) is 21.3. The summed E-state index contributed by atoms with van der Waals surface area (Å²) < 4.78 is 0. The lowest BCUT2D eigenvalue weighted by molar-refractivity contribution is 0.102. The van der Waals surface area contributed by atoms with E-state index in [0.717, 1.165) is 30.3 Å². The smallest absolute Gasteiger partial charge is 0.255 e. The summed E-state index contributed by atoms with van der Waals surface area (Å²) in [6.07, 6.45) is 1.69. The average molecular weight is 374 g/mol.